The van der Waals surface area contributed by atoms with E-state index >= 15 is 0 Å². The minimum absolute atomic E-state index is 0.00241. The van der Waals surface area contributed by atoms with E-state index in [1.807, 2.05) is 30.3 Å². The second-order valence-corrected chi connectivity index (χ2v) is 2.73. The normalized spacial score (nSPS) is 23.7. The van der Waals surface area contributed by atoms with E-state index in [2.05, 4.69) is 5.16 Å². The first-order chi connectivity index (χ1) is 5.90. The molecule has 1 N–H and O–H groups in total. The molecule has 1 saturated heterocycles. The fourth-order valence-electron chi connectivity index (χ4n) is 1.16. The quantitative estimate of drug-likeness (QED) is 0.407. The van der Waals surface area contributed by atoms with Crippen molar-refractivity contribution in [2.45, 2.75) is 12.5 Å². The van der Waals surface area contributed by atoms with Gasteiger partial charge >= 0.3 is 0 Å². The van der Waals surface area contributed by atoms with Crippen LogP contribution in [-0.2, 0) is 11.2 Å². The van der Waals surface area contributed by atoms with Gasteiger partial charge in [-0.05, 0) is 5.56 Å². The van der Waals surface area contributed by atoms with Crippen molar-refractivity contribution in [3.8, 4) is 0 Å². The van der Waals surface area contributed by atoms with Gasteiger partial charge in [-0.15, -0.1) is 0 Å². The molecule has 1 aromatic rings. The molecule has 1 fully saturated rings. The molecule has 1 aromatic carbocycles. The second-order valence-electron chi connectivity index (χ2n) is 2.73. The highest BCUT2D eigenvalue weighted by molar-refractivity contribution is 5.92. The zero-order chi connectivity index (χ0) is 8.39. The Kier molecular flexibility index (Phi) is 1.70. The Bertz CT molecular complexity index is 295. The van der Waals surface area contributed by atoms with Crippen LogP contribution >= 0.6 is 0 Å². The van der Waals surface area contributed by atoms with Crippen LogP contribution < -0.4 is 0 Å². The van der Waals surface area contributed by atoms with E-state index in [9.17, 15) is 0 Å². The van der Waals surface area contributed by atoms with Crippen molar-refractivity contribution in [2.75, 3.05) is 0 Å². The van der Waals surface area contributed by atoms with Gasteiger partial charge in [-0.25, -0.2) is 0 Å². The van der Waals surface area contributed by atoms with Crippen molar-refractivity contribution in [1.82, 2.24) is 0 Å². The predicted octanol–water partition coefficient (Wildman–Crippen LogP) is 1.42. The summed E-state index contributed by atoms with van der Waals surface area (Å²) in [6, 6.07) is 9.98. The van der Waals surface area contributed by atoms with Gasteiger partial charge in [0.25, 0.3) is 5.90 Å². The molecule has 0 bridgehead atoms. The van der Waals surface area contributed by atoms with E-state index < -0.39 is 0 Å². The van der Waals surface area contributed by atoms with Gasteiger partial charge in [0.1, 0.15) is 0 Å². The number of benzene rings is 1. The molecule has 3 heteroatoms. The smallest absolute Gasteiger partial charge is 0.268 e. The number of epoxide rings is 1. The van der Waals surface area contributed by atoms with Crippen LogP contribution in [0.15, 0.2) is 35.5 Å². The lowest BCUT2D eigenvalue weighted by atomic mass is 10.1. The van der Waals surface area contributed by atoms with Gasteiger partial charge in [0.15, 0.2) is 6.10 Å². The highest BCUT2D eigenvalue weighted by atomic mass is 16.6. The molecule has 12 heavy (non-hydrogen) atoms. The monoisotopic (exact) mass is 163 g/mol. The van der Waals surface area contributed by atoms with Crippen LogP contribution in [0, 0.1) is 0 Å². The standard InChI is InChI=1S/C9H9NO2/c11-10-9-8(12-9)6-7-4-2-1-3-5-7/h1-5,8,11H,6H2/b10-9-. The summed E-state index contributed by atoms with van der Waals surface area (Å²) in [6.07, 6.45) is 0.789. The number of nitrogens with zero attached hydrogens (tertiary/aromatic N) is 1. The summed E-state index contributed by atoms with van der Waals surface area (Å²) in [5.41, 5.74) is 1.20. The van der Waals surface area contributed by atoms with E-state index in [0.717, 1.165) is 6.42 Å². The van der Waals surface area contributed by atoms with Gasteiger partial charge in [0, 0.05) is 6.42 Å². The van der Waals surface area contributed by atoms with Gasteiger partial charge < -0.3 is 9.94 Å². The maximum Gasteiger partial charge on any atom is 0.268 e. The summed E-state index contributed by atoms with van der Waals surface area (Å²) in [5.74, 6) is 0.443. The van der Waals surface area contributed by atoms with Crippen LogP contribution in [0.1, 0.15) is 5.56 Å². The Hall–Kier alpha value is -1.51. The summed E-state index contributed by atoms with van der Waals surface area (Å²) >= 11 is 0. The molecule has 0 aliphatic carbocycles. The molecule has 1 aliphatic heterocycles. The number of rotatable bonds is 2. The minimum Gasteiger partial charge on any atom is -0.462 e. The highest BCUT2D eigenvalue weighted by Gasteiger charge is 2.35. The third-order valence-electron chi connectivity index (χ3n) is 1.84. The van der Waals surface area contributed by atoms with Gasteiger partial charge in [-0.3, -0.25) is 0 Å². The molecule has 3 nitrogen and oxygen atoms in total. The van der Waals surface area contributed by atoms with Crippen molar-refractivity contribution in [3.63, 3.8) is 0 Å². The molecule has 62 valence electrons. The van der Waals surface area contributed by atoms with Crippen LogP contribution in [0.4, 0.5) is 0 Å². The van der Waals surface area contributed by atoms with Crippen LogP contribution in [0.5, 0.6) is 0 Å². The van der Waals surface area contributed by atoms with Gasteiger partial charge in [0.05, 0.1) is 0 Å². The fraction of sp³-hybridized carbons (Fsp3) is 0.222. The summed E-state index contributed by atoms with van der Waals surface area (Å²) in [5, 5.41) is 11.3. The zero-order valence-electron chi connectivity index (χ0n) is 6.47. The van der Waals surface area contributed by atoms with Crippen LogP contribution in [-0.4, -0.2) is 17.2 Å². The third kappa shape index (κ3) is 1.39. The molecular weight excluding hydrogens is 154 g/mol. The molecule has 0 amide bonds. The highest BCUT2D eigenvalue weighted by Crippen LogP contribution is 2.19. The first-order valence-corrected chi connectivity index (χ1v) is 3.82. The van der Waals surface area contributed by atoms with Gasteiger partial charge in [-0.2, -0.15) is 0 Å². The first kappa shape index (κ1) is 7.16. The lowest BCUT2D eigenvalue weighted by Crippen LogP contribution is -1.93. The Morgan fingerprint density at radius 2 is 2.08 bits per heavy atom. The fourth-order valence-corrected chi connectivity index (χ4v) is 1.16. The maximum absolute atomic E-state index is 8.32. The first-order valence-electron chi connectivity index (χ1n) is 3.82. The molecule has 0 saturated carbocycles. The van der Waals surface area contributed by atoms with Gasteiger partial charge in [0.2, 0.25) is 0 Å². The van der Waals surface area contributed by atoms with E-state index in [-0.39, 0.29) is 6.10 Å². The van der Waals surface area contributed by atoms with Crippen molar-refractivity contribution in [1.29, 1.82) is 0 Å². The summed E-state index contributed by atoms with van der Waals surface area (Å²) < 4.78 is 4.97. The summed E-state index contributed by atoms with van der Waals surface area (Å²) in [7, 11) is 0. The average molecular weight is 163 g/mol. The largest absolute Gasteiger partial charge is 0.462 e. The molecule has 1 atom stereocenters. The summed E-state index contributed by atoms with van der Waals surface area (Å²) in [6.45, 7) is 0. The minimum atomic E-state index is -0.00241. The molecule has 2 rings (SSSR count). The number of hydrogen-bond acceptors (Lipinski definition) is 3. The predicted molar refractivity (Wildman–Crippen MR) is 44.2 cm³/mol. The topological polar surface area (TPSA) is 45.1 Å². The Labute approximate surface area is 70.3 Å². The summed E-state index contributed by atoms with van der Waals surface area (Å²) in [4.78, 5) is 0. The third-order valence-corrected chi connectivity index (χ3v) is 1.84. The van der Waals surface area contributed by atoms with Crippen LogP contribution in [0.2, 0.25) is 0 Å². The van der Waals surface area contributed by atoms with E-state index in [0.29, 0.717) is 5.90 Å². The van der Waals surface area contributed by atoms with E-state index in [4.69, 9.17) is 9.94 Å². The Morgan fingerprint density at radius 3 is 2.67 bits per heavy atom. The lowest BCUT2D eigenvalue weighted by Gasteiger charge is -1.92. The van der Waals surface area contributed by atoms with Crippen LogP contribution in [0.25, 0.3) is 0 Å². The number of ether oxygens (including phenoxy) is 1. The van der Waals surface area contributed by atoms with Crippen molar-refractivity contribution >= 4 is 5.90 Å². The van der Waals surface area contributed by atoms with Crippen molar-refractivity contribution in [2.24, 2.45) is 5.16 Å². The lowest BCUT2D eigenvalue weighted by molar-refractivity contribution is 0.314. The van der Waals surface area contributed by atoms with Gasteiger partial charge in [-0.1, -0.05) is 35.5 Å². The molecular formula is C9H9NO2. The zero-order valence-corrected chi connectivity index (χ0v) is 6.47. The van der Waals surface area contributed by atoms with Crippen molar-refractivity contribution in [3.05, 3.63) is 35.9 Å². The van der Waals surface area contributed by atoms with Crippen molar-refractivity contribution < 1.29 is 9.94 Å². The van der Waals surface area contributed by atoms with Crippen LogP contribution in [0.3, 0.4) is 0 Å². The number of hydrogen-bond donors (Lipinski definition) is 1. The van der Waals surface area contributed by atoms with E-state index in [1.165, 1.54) is 5.56 Å². The molecule has 0 aromatic heterocycles. The van der Waals surface area contributed by atoms with E-state index in [1.54, 1.807) is 0 Å². The Morgan fingerprint density at radius 1 is 1.33 bits per heavy atom. The maximum atomic E-state index is 8.32. The average Bonchev–Trinajstić information content (AvgIpc) is 2.85. The molecule has 1 unspecified atom stereocenters. The SMILES string of the molecule is O/N=C1\OC1Cc1ccccc1. The second kappa shape index (κ2) is 2.85. The Balaban J connectivity index is 1.98. The molecule has 0 spiro atoms. The number of oxime groups is 1. The molecule has 0 radical (unpaired) electrons. The molecule has 1 aliphatic rings. The molecule has 1 heterocycles.